The zero-order chi connectivity index (χ0) is 16.3. The van der Waals surface area contributed by atoms with Crippen molar-refractivity contribution in [2.75, 3.05) is 19.7 Å². The first-order valence-electron chi connectivity index (χ1n) is 8.72. The molecule has 2 heterocycles. The second kappa shape index (κ2) is 6.62. The van der Waals surface area contributed by atoms with E-state index in [4.69, 9.17) is 4.74 Å². The van der Waals surface area contributed by atoms with Gasteiger partial charge in [0, 0.05) is 12.8 Å². The molecule has 4 nitrogen and oxygen atoms in total. The number of carbonyl (C=O) groups is 1. The van der Waals surface area contributed by atoms with E-state index in [1.54, 1.807) is 0 Å². The molecule has 1 N–H and O–H groups in total. The van der Waals surface area contributed by atoms with E-state index in [0.717, 1.165) is 25.7 Å². The van der Waals surface area contributed by atoms with Crippen LogP contribution in [0.15, 0.2) is 30.3 Å². The topological polar surface area (TPSA) is 49.8 Å². The van der Waals surface area contributed by atoms with Crippen LogP contribution in [0.4, 0.5) is 0 Å². The Labute approximate surface area is 138 Å². The number of hydrogen-bond acceptors (Lipinski definition) is 3. The van der Waals surface area contributed by atoms with Crippen molar-refractivity contribution in [3.8, 4) is 0 Å². The van der Waals surface area contributed by atoms with Crippen LogP contribution in [-0.4, -0.2) is 46.8 Å². The Morgan fingerprint density at radius 3 is 2.74 bits per heavy atom. The van der Waals surface area contributed by atoms with Crippen molar-refractivity contribution in [3.05, 3.63) is 35.9 Å². The van der Waals surface area contributed by atoms with Gasteiger partial charge in [-0.05, 0) is 18.4 Å². The van der Waals surface area contributed by atoms with Gasteiger partial charge in [0.15, 0.2) is 0 Å². The third-order valence-corrected chi connectivity index (χ3v) is 5.08. The third-order valence-electron chi connectivity index (χ3n) is 5.08. The van der Waals surface area contributed by atoms with Crippen LogP contribution in [0.2, 0.25) is 0 Å². The Balaban J connectivity index is 1.44. The van der Waals surface area contributed by atoms with Crippen LogP contribution >= 0.6 is 0 Å². The molecule has 4 heteroatoms. The predicted octanol–water partition coefficient (Wildman–Crippen LogP) is 2.54. The van der Waals surface area contributed by atoms with Gasteiger partial charge < -0.3 is 14.7 Å². The Hall–Kier alpha value is -1.39. The second-order valence-corrected chi connectivity index (χ2v) is 7.21. The lowest BCUT2D eigenvalue weighted by atomic mass is 9.82. The van der Waals surface area contributed by atoms with Crippen molar-refractivity contribution in [1.29, 1.82) is 0 Å². The summed E-state index contributed by atoms with van der Waals surface area (Å²) < 4.78 is 5.89. The summed E-state index contributed by atoms with van der Waals surface area (Å²) in [5.41, 5.74) is 0.224. The molecule has 126 valence electrons. The molecule has 2 aliphatic heterocycles. The zero-order valence-corrected chi connectivity index (χ0v) is 14.0. The first kappa shape index (κ1) is 16.5. The van der Waals surface area contributed by atoms with Gasteiger partial charge in [0.1, 0.15) is 5.60 Å². The molecule has 2 aliphatic rings. The molecular weight excluding hydrogens is 290 g/mol. The number of aryl methyl sites for hydroxylation is 1. The molecule has 3 rings (SSSR count). The number of benzene rings is 1. The monoisotopic (exact) mass is 317 g/mol. The molecule has 1 amide bonds. The van der Waals surface area contributed by atoms with Gasteiger partial charge >= 0.3 is 0 Å². The van der Waals surface area contributed by atoms with Crippen LogP contribution < -0.4 is 0 Å². The van der Waals surface area contributed by atoms with E-state index >= 15 is 0 Å². The highest BCUT2D eigenvalue weighted by molar-refractivity contribution is 5.77. The van der Waals surface area contributed by atoms with Crippen LogP contribution in [-0.2, 0) is 16.0 Å². The van der Waals surface area contributed by atoms with Crippen LogP contribution in [0.1, 0.15) is 44.6 Å². The summed E-state index contributed by atoms with van der Waals surface area (Å²) in [6.07, 6.45) is 4.90. The Morgan fingerprint density at radius 1 is 1.30 bits per heavy atom. The van der Waals surface area contributed by atoms with Crippen molar-refractivity contribution in [2.24, 2.45) is 0 Å². The number of nitrogens with zero attached hydrogens (tertiary/aromatic N) is 1. The number of amides is 1. The number of ether oxygens (including phenoxy) is 1. The minimum Gasteiger partial charge on any atom is -0.387 e. The Kier molecular flexibility index (Phi) is 4.74. The number of unbranched alkanes of at least 4 members (excludes halogenated alkanes) is 1. The summed E-state index contributed by atoms with van der Waals surface area (Å²) in [5, 5.41) is 10.6. The van der Waals surface area contributed by atoms with Gasteiger partial charge in [-0.25, -0.2) is 0 Å². The normalized spacial score (nSPS) is 25.6. The predicted molar refractivity (Wildman–Crippen MR) is 89.1 cm³/mol. The molecule has 0 bridgehead atoms. The van der Waals surface area contributed by atoms with E-state index in [-0.39, 0.29) is 11.5 Å². The van der Waals surface area contributed by atoms with E-state index in [1.807, 2.05) is 23.1 Å². The highest BCUT2D eigenvalue weighted by atomic mass is 16.5. The molecule has 0 aromatic heterocycles. The summed E-state index contributed by atoms with van der Waals surface area (Å²) in [5.74, 6) is 0.187. The minimum absolute atomic E-state index is 0.187. The molecule has 1 unspecified atom stereocenters. The van der Waals surface area contributed by atoms with E-state index in [0.29, 0.717) is 32.5 Å². The number of aliphatic hydroxyl groups is 1. The van der Waals surface area contributed by atoms with Crippen molar-refractivity contribution < 1.29 is 14.6 Å². The average molecular weight is 317 g/mol. The summed E-state index contributed by atoms with van der Waals surface area (Å²) >= 11 is 0. The molecule has 0 aliphatic carbocycles. The van der Waals surface area contributed by atoms with Gasteiger partial charge in [0.05, 0.1) is 25.3 Å². The lowest BCUT2D eigenvalue weighted by molar-refractivity contribution is -0.157. The van der Waals surface area contributed by atoms with Gasteiger partial charge in [-0.3, -0.25) is 4.79 Å². The summed E-state index contributed by atoms with van der Waals surface area (Å²) in [6, 6.07) is 10.1. The molecule has 2 saturated heterocycles. The van der Waals surface area contributed by atoms with Crippen LogP contribution in [0.3, 0.4) is 0 Å². The highest BCUT2D eigenvalue weighted by Crippen LogP contribution is 2.42. The van der Waals surface area contributed by atoms with Gasteiger partial charge in [-0.2, -0.15) is 0 Å². The van der Waals surface area contributed by atoms with Crippen LogP contribution in [0, 0.1) is 0 Å². The van der Waals surface area contributed by atoms with Gasteiger partial charge in [-0.1, -0.05) is 50.1 Å². The summed E-state index contributed by atoms with van der Waals surface area (Å²) in [6.45, 7) is 3.81. The zero-order valence-electron chi connectivity index (χ0n) is 14.0. The van der Waals surface area contributed by atoms with Crippen molar-refractivity contribution in [1.82, 2.24) is 4.90 Å². The van der Waals surface area contributed by atoms with E-state index in [1.165, 1.54) is 5.56 Å². The molecule has 1 spiro atoms. The fourth-order valence-corrected chi connectivity index (χ4v) is 3.74. The van der Waals surface area contributed by atoms with Gasteiger partial charge in [0.25, 0.3) is 0 Å². The Morgan fingerprint density at radius 2 is 2.04 bits per heavy atom. The third kappa shape index (κ3) is 3.75. The molecule has 0 saturated carbocycles. The lowest BCUT2D eigenvalue weighted by Gasteiger charge is -2.47. The van der Waals surface area contributed by atoms with Crippen molar-refractivity contribution >= 4 is 5.91 Å². The molecule has 23 heavy (non-hydrogen) atoms. The minimum atomic E-state index is -0.685. The summed E-state index contributed by atoms with van der Waals surface area (Å²) in [7, 11) is 0. The maximum Gasteiger partial charge on any atom is 0.223 e. The lowest BCUT2D eigenvalue weighted by Crippen LogP contribution is -2.63. The van der Waals surface area contributed by atoms with E-state index < -0.39 is 5.60 Å². The standard InChI is InChI=1S/C19H27NO3/c1-2-3-11-18(22)12-19(23-15-18)13-20(14-19)17(21)10-9-16-7-5-4-6-8-16/h4-8,22H,2-3,9-15H2,1H3. The largest absolute Gasteiger partial charge is 0.387 e. The number of likely N-dealkylation sites (tertiary alicyclic amines) is 1. The highest BCUT2D eigenvalue weighted by Gasteiger charge is 2.55. The van der Waals surface area contributed by atoms with E-state index in [9.17, 15) is 9.90 Å². The smallest absolute Gasteiger partial charge is 0.223 e. The Bertz CT molecular complexity index is 539. The first-order chi connectivity index (χ1) is 11.0. The first-order valence-corrected chi connectivity index (χ1v) is 8.72. The maximum atomic E-state index is 12.3. The fraction of sp³-hybridized carbons (Fsp3) is 0.632. The number of hydrogen-bond donors (Lipinski definition) is 1. The van der Waals surface area contributed by atoms with Crippen molar-refractivity contribution in [2.45, 2.75) is 56.7 Å². The second-order valence-electron chi connectivity index (χ2n) is 7.21. The van der Waals surface area contributed by atoms with Crippen LogP contribution in [0.5, 0.6) is 0 Å². The van der Waals surface area contributed by atoms with Crippen molar-refractivity contribution in [3.63, 3.8) is 0 Å². The fourth-order valence-electron chi connectivity index (χ4n) is 3.74. The van der Waals surface area contributed by atoms with Gasteiger partial charge in [0.2, 0.25) is 5.91 Å². The molecule has 2 fully saturated rings. The number of carbonyl (C=O) groups excluding carboxylic acids is 1. The number of rotatable bonds is 6. The molecule has 1 atom stereocenters. The molecular formula is C19H27NO3. The molecule has 1 aromatic rings. The molecule has 0 radical (unpaired) electrons. The SMILES string of the molecule is CCCCC1(O)COC2(CN(C(=O)CCc3ccccc3)C2)C1. The maximum absolute atomic E-state index is 12.3. The van der Waals surface area contributed by atoms with Crippen LogP contribution in [0.25, 0.3) is 0 Å². The average Bonchev–Trinajstić information content (AvgIpc) is 2.89. The van der Waals surface area contributed by atoms with Gasteiger partial charge in [-0.15, -0.1) is 0 Å². The quantitative estimate of drug-likeness (QED) is 0.877. The summed E-state index contributed by atoms with van der Waals surface area (Å²) in [4.78, 5) is 14.1. The van der Waals surface area contributed by atoms with E-state index in [2.05, 4.69) is 19.1 Å². The molecule has 1 aromatic carbocycles.